The van der Waals surface area contributed by atoms with E-state index in [9.17, 15) is 18.0 Å². The van der Waals surface area contributed by atoms with Gasteiger partial charge < -0.3 is 5.11 Å². The van der Waals surface area contributed by atoms with E-state index in [1.165, 1.54) is 0 Å². The van der Waals surface area contributed by atoms with Gasteiger partial charge in [-0.1, -0.05) is 0 Å². The summed E-state index contributed by atoms with van der Waals surface area (Å²) in [5.74, 6) is -2.33. The van der Waals surface area contributed by atoms with Crippen molar-refractivity contribution >= 4 is 21.9 Å². The van der Waals surface area contributed by atoms with Crippen LogP contribution in [0.3, 0.4) is 0 Å². The topological polar surface area (TPSA) is 50.2 Å². The summed E-state index contributed by atoms with van der Waals surface area (Å²) < 4.78 is 37.3. The second kappa shape index (κ2) is 4.61. The predicted molar refractivity (Wildman–Crippen MR) is 48.2 cm³/mol. The zero-order chi connectivity index (χ0) is 11.6. The molecule has 1 aromatic heterocycles. The third-order valence-electron chi connectivity index (χ3n) is 1.58. The van der Waals surface area contributed by atoms with Crippen molar-refractivity contribution < 1.29 is 23.1 Å². The van der Waals surface area contributed by atoms with Gasteiger partial charge in [-0.2, -0.15) is 0 Å². The first-order chi connectivity index (χ1) is 6.91. The summed E-state index contributed by atoms with van der Waals surface area (Å²) in [6, 6.07) is 0.583. The van der Waals surface area contributed by atoms with Crippen LogP contribution in [0.5, 0.6) is 0 Å². The Bertz CT molecular complexity index is 398. The minimum absolute atomic E-state index is 0.241. The molecule has 3 nitrogen and oxygen atoms in total. The van der Waals surface area contributed by atoms with Crippen molar-refractivity contribution in [2.45, 2.75) is 12.8 Å². The van der Waals surface area contributed by atoms with E-state index >= 15 is 0 Å². The SMILES string of the molecule is O=C(O)Cc1nc(Br)c(C(F)F)cc1F. The molecule has 0 bridgehead atoms. The van der Waals surface area contributed by atoms with Gasteiger partial charge in [0, 0.05) is 0 Å². The molecule has 0 aliphatic carbocycles. The molecule has 0 aliphatic heterocycles. The minimum atomic E-state index is -2.86. The van der Waals surface area contributed by atoms with Gasteiger partial charge >= 0.3 is 5.97 Å². The molecule has 0 fully saturated rings. The van der Waals surface area contributed by atoms with Gasteiger partial charge in [0.2, 0.25) is 0 Å². The molecule has 0 radical (unpaired) electrons. The average molecular weight is 284 g/mol. The molecular formula is C8H5BrF3NO2. The van der Waals surface area contributed by atoms with E-state index in [1.807, 2.05) is 0 Å². The second-order valence-corrected chi connectivity index (χ2v) is 3.42. The number of nitrogens with zero attached hydrogens (tertiary/aromatic N) is 1. The van der Waals surface area contributed by atoms with Crippen LogP contribution in [0.4, 0.5) is 13.2 Å². The molecule has 0 unspecified atom stereocenters. The van der Waals surface area contributed by atoms with Crippen LogP contribution in [0.25, 0.3) is 0 Å². The van der Waals surface area contributed by atoms with Crippen molar-refractivity contribution in [3.05, 3.63) is 27.7 Å². The van der Waals surface area contributed by atoms with Crippen molar-refractivity contribution in [3.8, 4) is 0 Å². The first-order valence-electron chi connectivity index (χ1n) is 3.76. The molecule has 0 spiro atoms. The third-order valence-corrected chi connectivity index (χ3v) is 2.22. The molecule has 1 N–H and O–H groups in total. The van der Waals surface area contributed by atoms with Gasteiger partial charge in [-0.15, -0.1) is 0 Å². The maximum atomic E-state index is 13.1. The van der Waals surface area contributed by atoms with Crippen molar-refractivity contribution in [2.75, 3.05) is 0 Å². The average Bonchev–Trinajstić information content (AvgIpc) is 2.09. The zero-order valence-electron chi connectivity index (χ0n) is 7.18. The Morgan fingerprint density at radius 1 is 1.60 bits per heavy atom. The van der Waals surface area contributed by atoms with E-state index in [0.717, 1.165) is 0 Å². The first kappa shape index (κ1) is 12.0. The highest BCUT2D eigenvalue weighted by Gasteiger charge is 2.18. The highest BCUT2D eigenvalue weighted by Crippen LogP contribution is 2.27. The molecule has 0 amide bonds. The molecule has 1 aromatic rings. The Labute approximate surface area is 91.1 Å². The van der Waals surface area contributed by atoms with Crippen molar-refractivity contribution in [2.24, 2.45) is 0 Å². The number of pyridine rings is 1. The Balaban J connectivity index is 3.13. The molecule has 82 valence electrons. The largest absolute Gasteiger partial charge is 0.481 e. The monoisotopic (exact) mass is 283 g/mol. The van der Waals surface area contributed by atoms with E-state index < -0.39 is 30.2 Å². The molecular weight excluding hydrogens is 279 g/mol. The van der Waals surface area contributed by atoms with Crippen molar-refractivity contribution in [1.82, 2.24) is 4.98 Å². The normalized spacial score (nSPS) is 10.7. The van der Waals surface area contributed by atoms with Crippen LogP contribution in [0.2, 0.25) is 0 Å². The van der Waals surface area contributed by atoms with Crippen molar-refractivity contribution in [1.29, 1.82) is 0 Å². The summed E-state index contributed by atoms with van der Waals surface area (Å²) in [4.78, 5) is 13.7. The number of carboxylic acids is 1. The van der Waals surface area contributed by atoms with Crippen molar-refractivity contribution in [3.63, 3.8) is 0 Å². The molecule has 0 aliphatic rings. The van der Waals surface area contributed by atoms with E-state index in [-0.39, 0.29) is 10.3 Å². The van der Waals surface area contributed by atoms with Gasteiger partial charge in [0.05, 0.1) is 17.7 Å². The summed E-state index contributed by atoms with van der Waals surface area (Å²) in [5.41, 5.74) is -0.972. The van der Waals surface area contributed by atoms with Crippen LogP contribution < -0.4 is 0 Å². The molecule has 7 heteroatoms. The first-order valence-corrected chi connectivity index (χ1v) is 4.56. The molecule has 0 aromatic carbocycles. The molecule has 0 saturated carbocycles. The number of halogens is 4. The minimum Gasteiger partial charge on any atom is -0.481 e. The lowest BCUT2D eigenvalue weighted by atomic mass is 10.2. The molecule has 0 atom stereocenters. The highest BCUT2D eigenvalue weighted by molar-refractivity contribution is 9.10. The number of hydrogen-bond donors (Lipinski definition) is 1. The summed E-state index contributed by atoms with van der Waals surface area (Å²) in [6.07, 6.45) is -3.51. The van der Waals surface area contributed by atoms with Gasteiger partial charge in [0.15, 0.2) is 0 Å². The van der Waals surface area contributed by atoms with Crippen LogP contribution in [-0.2, 0) is 11.2 Å². The Morgan fingerprint density at radius 2 is 2.20 bits per heavy atom. The molecule has 0 saturated heterocycles. The van der Waals surface area contributed by atoms with E-state index in [4.69, 9.17) is 5.11 Å². The van der Waals surface area contributed by atoms with Gasteiger partial charge in [-0.05, 0) is 22.0 Å². The maximum Gasteiger partial charge on any atom is 0.309 e. The van der Waals surface area contributed by atoms with Crippen LogP contribution in [-0.4, -0.2) is 16.1 Å². The lowest BCUT2D eigenvalue weighted by molar-refractivity contribution is -0.136. The standard InChI is InChI=1S/C8H5BrF3NO2/c9-7-3(8(11)12)1-4(10)5(13-7)2-6(14)15/h1,8H,2H2,(H,14,15). The van der Waals surface area contributed by atoms with E-state index in [1.54, 1.807) is 0 Å². The molecule has 15 heavy (non-hydrogen) atoms. The summed E-state index contributed by atoms with van der Waals surface area (Å²) in [6.45, 7) is 0. The number of aliphatic carboxylic acids is 1. The van der Waals surface area contributed by atoms with E-state index in [2.05, 4.69) is 20.9 Å². The van der Waals surface area contributed by atoms with Crippen LogP contribution in [0.15, 0.2) is 10.7 Å². The van der Waals surface area contributed by atoms with Crippen LogP contribution in [0, 0.1) is 5.82 Å². The number of carbonyl (C=O) groups is 1. The van der Waals surface area contributed by atoms with Crippen LogP contribution in [0.1, 0.15) is 17.7 Å². The lowest BCUT2D eigenvalue weighted by Gasteiger charge is -2.05. The zero-order valence-corrected chi connectivity index (χ0v) is 8.76. The fourth-order valence-corrected chi connectivity index (χ4v) is 1.44. The quantitative estimate of drug-likeness (QED) is 0.868. The summed E-state index contributed by atoms with van der Waals surface area (Å²) in [5, 5.41) is 8.39. The summed E-state index contributed by atoms with van der Waals surface area (Å²) >= 11 is 2.72. The third kappa shape index (κ3) is 2.92. The Morgan fingerprint density at radius 3 is 2.67 bits per heavy atom. The highest BCUT2D eigenvalue weighted by atomic mass is 79.9. The van der Waals surface area contributed by atoms with Gasteiger partial charge in [0.1, 0.15) is 10.4 Å². The smallest absolute Gasteiger partial charge is 0.309 e. The number of hydrogen-bond acceptors (Lipinski definition) is 2. The van der Waals surface area contributed by atoms with Gasteiger partial charge in [0.25, 0.3) is 6.43 Å². The second-order valence-electron chi connectivity index (χ2n) is 2.67. The number of carboxylic acid groups (broad SMARTS) is 1. The number of rotatable bonds is 3. The van der Waals surface area contributed by atoms with Gasteiger partial charge in [-0.3, -0.25) is 4.79 Å². The fourth-order valence-electron chi connectivity index (χ4n) is 0.936. The maximum absolute atomic E-state index is 13.1. The number of alkyl halides is 2. The number of aromatic nitrogens is 1. The Hall–Kier alpha value is -1.11. The molecule has 1 heterocycles. The summed E-state index contributed by atoms with van der Waals surface area (Å²) in [7, 11) is 0. The van der Waals surface area contributed by atoms with Crippen LogP contribution >= 0.6 is 15.9 Å². The Kier molecular flexibility index (Phi) is 3.67. The van der Waals surface area contributed by atoms with E-state index in [0.29, 0.717) is 6.07 Å². The fraction of sp³-hybridized carbons (Fsp3) is 0.250. The lowest BCUT2D eigenvalue weighted by Crippen LogP contribution is -2.07. The predicted octanol–water partition coefficient (Wildman–Crippen LogP) is 2.55. The van der Waals surface area contributed by atoms with Gasteiger partial charge in [-0.25, -0.2) is 18.2 Å². The molecule has 1 rings (SSSR count).